The summed E-state index contributed by atoms with van der Waals surface area (Å²) in [4.78, 5) is 10.5. The van der Waals surface area contributed by atoms with E-state index in [2.05, 4.69) is 18.9 Å². The van der Waals surface area contributed by atoms with Crippen molar-refractivity contribution >= 4 is 5.97 Å². The lowest BCUT2D eigenvalue weighted by atomic mass is 10.2. The fraction of sp³-hybridized carbons (Fsp3) is 0.278. The number of carbonyl (C=O) groups is 1. The lowest BCUT2D eigenvalue weighted by Gasteiger charge is -2.04. The Morgan fingerprint density at radius 2 is 1.24 bits per heavy atom. The van der Waals surface area contributed by atoms with Crippen molar-refractivity contribution in [3.8, 4) is 23.0 Å². The van der Waals surface area contributed by atoms with Gasteiger partial charge >= 0.3 is 18.6 Å². The number of benzene rings is 2. The monoisotopic (exact) mass is 422 g/mol. The smallest absolute Gasteiger partial charge is 0.478 e. The van der Waals surface area contributed by atoms with Crippen molar-refractivity contribution in [2.24, 2.45) is 0 Å². The topological polar surface area (TPSA) is 94.5 Å². The number of halogens is 4. The second kappa shape index (κ2) is 8.43. The number of fused-ring (bicyclic) bond motifs is 2. The van der Waals surface area contributed by atoms with Crippen LogP contribution in [0.4, 0.5) is 17.6 Å². The van der Waals surface area contributed by atoms with Crippen LogP contribution in [0.5, 0.6) is 23.0 Å². The van der Waals surface area contributed by atoms with Gasteiger partial charge in [0.15, 0.2) is 23.0 Å². The Kier molecular flexibility index (Phi) is 6.93. The number of ether oxygens (including phenoxy) is 4. The van der Waals surface area contributed by atoms with Gasteiger partial charge in [0.25, 0.3) is 0 Å². The van der Waals surface area contributed by atoms with E-state index >= 15 is 0 Å². The maximum absolute atomic E-state index is 12.5. The number of hydrogen-bond acceptors (Lipinski definition) is 6. The van der Waals surface area contributed by atoms with Gasteiger partial charge in [-0.3, -0.25) is 0 Å². The van der Waals surface area contributed by atoms with Crippen molar-refractivity contribution in [2.75, 3.05) is 0 Å². The minimum atomic E-state index is -3.71. The second-order valence-corrected chi connectivity index (χ2v) is 5.24. The molecule has 0 bridgehead atoms. The molecule has 2 N–H and O–H groups in total. The van der Waals surface area contributed by atoms with Crippen molar-refractivity contribution in [3.63, 3.8) is 0 Å². The Hall–Kier alpha value is -3.21. The first-order valence-electron chi connectivity index (χ1n) is 7.21. The molecule has 4 rings (SSSR count). The molecule has 0 saturated heterocycles. The fourth-order valence-corrected chi connectivity index (χ4v) is 2.17. The summed E-state index contributed by atoms with van der Waals surface area (Å²) in [6.07, 6.45) is -7.30. The molecule has 0 spiro atoms. The van der Waals surface area contributed by atoms with Gasteiger partial charge in [-0.1, -0.05) is 20.9 Å². The van der Waals surface area contributed by atoms with E-state index in [0.717, 1.165) is 18.2 Å². The predicted molar refractivity (Wildman–Crippen MR) is 91.6 cm³/mol. The van der Waals surface area contributed by atoms with E-state index < -0.39 is 18.6 Å². The number of rotatable bonds is 2. The third-order valence-corrected chi connectivity index (χ3v) is 3.30. The summed E-state index contributed by atoms with van der Waals surface area (Å²) in [6.45, 7) is -0.220. The summed E-state index contributed by atoms with van der Waals surface area (Å²) in [6, 6.07) is 7.41. The highest BCUT2D eigenvalue weighted by Gasteiger charge is 2.44. The van der Waals surface area contributed by atoms with E-state index in [1.165, 1.54) is 18.2 Å². The number of hydrogen-bond donors (Lipinski definition) is 2. The van der Waals surface area contributed by atoms with Gasteiger partial charge in [0.2, 0.25) is 0 Å². The number of aliphatic hydroxyl groups is 1. The highest BCUT2D eigenvalue weighted by Crippen LogP contribution is 2.42. The van der Waals surface area contributed by atoms with Crippen LogP contribution in [0.3, 0.4) is 0 Å². The van der Waals surface area contributed by atoms with E-state index in [1.54, 1.807) is 0 Å². The van der Waals surface area contributed by atoms with Crippen molar-refractivity contribution in [3.05, 3.63) is 47.5 Å². The van der Waals surface area contributed by atoms with Crippen LogP contribution in [-0.4, -0.2) is 28.8 Å². The summed E-state index contributed by atoms with van der Waals surface area (Å²) in [5, 5.41) is 17.3. The molecule has 2 heterocycles. The molecule has 2 aromatic carbocycles. The van der Waals surface area contributed by atoms with Gasteiger partial charge in [-0.2, -0.15) is 0 Å². The Bertz CT molecular complexity index is 887. The van der Waals surface area contributed by atoms with Gasteiger partial charge in [-0.25, -0.2) is 4.79 Å². The molecule has 2 aliphatic heterocycles. The van der Waals surface area contributed by atoms with Gasteiger partial charge in [-0.05, 0) is 35.9 Å². The molecule has 0 unspecified atom stereocenters. The average molecular weight is 422 g/mol. The summed E-state index contributed by atoms with van der Waals surface area (Å²) in [5.41, 5.74) is 0.366. The summed E-state index contributed by atoms with van der Waals surface area (Å²) >= 11 is 0. The quantitative estimate of drug-likeness (QED) is 0.689. The summed E-state index contributed by atoms with van der Waals surface area (Å²) in [7, 11) is 0. The lowest BCUT2D eigenvalue weighted by molar-refractivity contribution is -0.287. The highest BCUT2D eigenvalue weighted by atomic mass is 19.3. The molecule has 2 aromatic rings. The maximum atomic E-state index is 12.5. The zero-order valence-corrected chi connectivity index (χ0v) is 13.1. The third kappa shape index (κ3) is 5.41. The molecule has 0 fully saturated rings. The molecular formula is C18H18F4O7. The zero-order valence-electron chi connectivity index (χ0n) is 13.1. The van der Waals surface area contributed by atoms with E-state index in [9.17, 15) is 22.4 Å². The third-order valence-electron chi connectivity index (χ3n) is 3.30. The maximum Gasteiger partial charge on any atom is 0.586 e. The highest BCUT2D eigenvalue weighted by molar-refractivity contribution is 5.88. The zero-order chi connectivity index (χ0) is 19.8. The van der Waals surface area contributed by atoms with E-state index in [1.807, 2.05) is 0 Å². The van der Waals surface area contributed by atoms with Crippen LogP contribution in [0.1, 0.15) is 30.8 Å². The number of alkyl halides is 4. The molecule has 11 heteroatoms. The van der Waals surface area contributed by atoms with Crippen molar-refractivity contribution < 1.29 is 51.5 Å². The molecule has 29 heavy (non-hydrogen) atoms. The molecule has 2 aliphatic rings. The standard InChI is InChI=1S/C8H4F2O4.C8H6F2O3.2CH4/c9-8(10)13-5-2-1-4(7(11)12)3-6(5)14-8;9-8(10)12-6-2-1-5(4-11)3-7(6)13-8;;/h1-3H,(H,11,12);1-3,11H,4H2;2*1H4. The van der Waals surface area contributed by atoms with Gasteiger partial charge in [-0.15, -0.1) is 17.6 Å². The number of carboxylic acids is 1. The molecular weight excluding hydrogens is 404 g/mol. The molecule has 0 aromatic heterocycles. The van der Waals surface area contributed by atoms with Crippen LogP contribution in [0.25, 0.3) is 0 Å². The Balaban J connectivity index is 0.000000272. The molecule has 0 radical (unpaired) electrons. The van der Waals surface area contributed by atoms with Crippen LogP contribution in [0, 0.1) is 0 Å². The first-order chi connectivity index (χ1) is 12.6. The molecule has 0 atom stereocenters. The lowest BCUT2D eigenvalue weighted by Crippen LogP contribution is -2.25. The van der Waals surface area contributed by atoms with Crippen molar-refractivity contribution in [2.45, 2.75) is 34.0 Å². The number of carboxylic acid groups (broad SMARTS) is 1. The summed E-state index contributed by atoms with van der Waals surface area (Å²) in [5.74, 6) is -1.71. The Labute approximate surface area is 163 Å². The van der Waals surface area contributed by atoms with E-state index in [4.69, 9.17) is 10.2 Å². The fourth-order valence-electron chi connectivity index (χ4n) is 2.17. The molecule has 0 aliphatic carbocycles. The van der Waals surface area contributed by atoms with E-state index in [0.29, 0.717) is 5.56 Å². The number of aliphatic hydroxyl groups excluding tert-OH is 1. The normalized spacial score (nSPS) is 15.9. The molecule has 160 valence electrons. The van der Waals surface area contributed by atoms with Crippen LogP contribution in [0.2, 0.25) is 0 Å². The van der Waals surface area contributed by atoms with E-state index in [-0.39, 0.29) is 50.0 Å². The van der Waals surface area contributed by atoms with Crippen molar-refractivity contribution in [1.29, 1.82) is 0 Å². The molecule has 0 amide bonds. The van der Waals surface area contributed by atoms with Gasteiger partial charge in [0.05, 0.1) is 12.2 Å². The first-order valence-corrected chi connectivity index (χ1v) is 7.21. The Morgan fingerprint density at radius 3 is 1.72 bits per heavy atom. The van der Waals surface area contributed by atoms with Crippen molar-refractivity contribution in [1.82, 2.24) is 0 Å². The summed E-state index contributed by atoms with van der Waals surface area (Å²) < 4.78 is 66.4. The van der Waals surface area contributed by atoms with Gasteiger partial charge in [0, 0.05) is 0 Å². The average Bonchev–Trinajstić information content (AvgIpc) is 3.05. The van der Waals surface area contributed by atoms with Crippen LogP contribution in [-0.2, 0) is 6.61 Å². The van der Waals surface area contributed by atoms with Crippen LogP contribution >= 0.6 is 0 Å². The predicted octanol–water partition coefficient (Wildman–Crippen LogP) is 4.48. The minimum Gasteiger partial charge on any atom is -0.478 e. The first kappa shape index (κ1) is 23.8. The van der Waals surface area contributed by atoms with Crippen LogP contribution < -0.4 is 18.9 Å². The second-order valence-electron chi connectivity index (χ2n) is 5.24. The largest absolute Gasteiger partial charge is 0.586 e. The Morgan fingerprint density at radius 1 is 0.793 bits per heavy atom. The SMILES string of the molecule is C.C.O=C(O)c1ccc2c(c1)OC(F)(F)O2.OCc1ccc2c(c1)OC(F)(F)O2. The van der Waals surface area contributed by atoms with Crippen LogP contribution in [0.15, 0.2) is 36.4 Å². The van der Waals surface area contributed by atoms with Gasteiger partial charge < -0.3 is 29.2 Å². The molecule has 0 saturated carbocycles. The molecule has 7 nitrogen and oxygen atoms in total. The van der Waals surface area contributed by atoms with Gasteiger partial charge in [0.1, 0.15) is 0 Å². The number of aromatic carboxylic acids is 1. The minimum absolute atomic E-state index is 0.